The molecule has 7 nitrogen and oxygen atoms in total. The van der Waals surface area contributed by atoms with Crippen molar-refractivity contribution < 1.29 is 9.53 Å². The molecule has 174 valence electrons. The Morgan fingerprint density at radius 1 is 1.24 bits per heavy atom. The van der Waals surface area contributed by atoms with Gasteiger partial charge in [-0.3, -0.25) is 0 Å². The molecule has 1 aliphatic heterocycles. The molecule has 1 aliphatic carbocycles. The first-order valence-electron chi connectivity index (χ1n) is 11.6. The molecule has 2 aromatic carbocycles. The monoisotopic (exact) mass is 473 g/mol. The van der Waals surface area contributed by atoms with Crippen LogP contribution in [0.3, 0.4) is 0 Å². The molecule has 1 N–H and O–H groups in total. The number of fused-ring (bicyclic) bond motifs is 1. The first-order chi connectivity index (χ1) is 16.4. The van der Waals surface area contributed by atoms with Crippen molar-refractivity contribution in [1.29, 1.82) is 5.26 Å². The predicted octanol–water partition coefficient (Wildman–Crippen LogP) is 5.18. The summed E-state index contributed by atoms with van der Waals surface area (Å²) in [4.78, 5) is 14.4. The van der Waals surface area contributed by atoms with E-state index in [-0.39, 0.29) is 18.2 Å². The van der Waals surface area contributed by atoms with Crippen molar-refractivity contribution in [3.8, 4) is 33.0 Å². The van der Waals surface area contributed by atoms with Gasteiger partial charge in [-0.15, -0.1) is 10.2 Å². The highest BCUT2D eigenvalue weighted by molar-refractivity contribution is 7.17. The minimum Gasteiger partial charge on any atom is -0.490 e. The lowest BCUT2D eigenvalue weighted by Crippen LogP contribution is -2.53. The lowest BCUT2D eigenvalue weighted by Gasteiger charge is -2.37. The Kier molecular flexibility index (Phi) is 5.96. The van der Waals surface area contributed by atoms with E-state index in [1.165, 1.54) is 16.9 Å². The van der Waals surface area contributed by atoms with Crippen LogP contribution in [0.15, 0.2) is 36.4 Å². The highest BCUT2D eigenvalue weighted by Crippen LogP contribution is 2.40. The standard InChI is InChI=1S/C26H27N5O2S/c1-15(2)33-23-10-7-17(11-18(23)12-27)24-29-30-25(34-24)21-6-4-5-20-19(21)8-9-22(20)28-26(32)31-13-16(3)14-31/h4-7,10-11,15-16,22H,8-9,13-14H2,1-3H3,(H,28,32)/t22-/m1/s1. The van der Waals surface area contributed by atoms with Crippen molar-refractivity contribution in [2.24, 2.45) is 5.92 Å². The number of rotatable bonds is 5. The summed E-state index contributed by atoms with van der Waals surface area (Å²) in [7, 11) is 0. The van der Waals surface area contributed by atoms with Crippen molar-refractivity contribution >= 4 is 17.4 Å². The summed E-state index contributed by atoms with van der Waals surface area (Å²) < 4.78 is 5.73. The number of amides is 2. The second-order valence-corrected chi connectivity index (χ2v) is 10.3. The minimum absolute atomic E-state index is 0.00525. The summed E-state index contributed by atoms with van der Waals surface area (Å²) in [6, 6.07) is 14.0. The van der Waals surface area contributed by atoms with Crippen molar-refractivity contribution in [3.63, 3.8) is 0 Å². The second-order valence-electron chi connectivity index (χ2n) is 9.33. The zero-order valence-electron chi connectivity index (χ0n) is 19.5. The molecule has 1 aromatic heterocycles. The molecular weight excluding hydrogens is 446 g/mol. The molecule has 1 atom stereocenters. The number of hydrogen-bond acceptors (Lipinski definition) is 6. The number of carbonyl (C=O) groups excluding carboxylic acids is 1. The number of ether oxygens (including phenoxy) is 1. The van der Waals surface area contributed by atoms with E-state index < -0.39 is 0 Å². The molecule has 2 heterocycles. The predicted molar refractivity (Wildman–Crippen MR) is 132 cm³/mol. The lowest BCUT2D eigenvalue weighted by atomic mass is 10.0. The first-order valence-corrected chi connectivity index (χ1v) is 12.5. The van der Waals surface area contributed by atoms with Crippen molar-refractivity contribution in [1.82, 2.24) is 20.4 Å². The van der Waals surface area contributed by atoms with Crippen molar-refractivity contribution in [2.75, 3.05) is 13.1 Å². The van der Waals surface area contributed by atoms with Crippen LogP contribution in [0.1, 0.15) is 49.9 Å². The molecule has 0 bridgehead atoms. The van der Waals surface area contributed by atoms with Gasteiger partial charge in [0.1, 0.15) is 21.8 Å². The Labute approximate surface area is 203 Å². The number of nitrogens with zero attached hydrogens (tertiary/aromatic N) is 4. The fourth-order valence-electron chi connectivity index (χ4n) is 4.67. The highest BCUT2D eigenvalue weighted by Gasteiger charge is 2.32. The van der Waals surface area contributed by atoms with Gasteiger partial charge >= 0.3 is 6.03 Å². The summed E-state index contributed by atoms with van der Waals surface area (Å²) >= 11 is 1.51. The fourth-order valence-corrected chi connectivity index (χ4v) is 5.56. The minimum atomic E-state index is -0.00525. The molecule has 2 aliphatic rings. The Balaban J connectivity index is 1.38. The van der Waals surface area contributed by atoms with Crippen LogP contribution in [0.4, 0.5) is 4.79 Å². The zero-order chi connectivity index (χ0) is 23.8. The molecule has 0 spiro atoms. The van der Waals surface area contributed by atoms with Gasteiger partial charge in [-0.05, 0) is 61.9 Å². The normalized spacial score (nSPS) is 17.3. The topological polar surface area (TPSA) is 91.1 Å². The number of hydrogen-bond donors (Lipinski definition) is 1. The van der Waals surface area contributed by atoms with E-state index >= 15 is 0 Å². The summed E-state index contributed by atoms with van der Waals surface area (Å²) in [5.74, 6) is 1.16. The van der Waals surface area contributed by atoms with Gasteiger partial charge in [0.05, 0.1) is 17.7 Å². The molecule has 1 fully saturated rings. The molecule has 5 rings (SSSR count). The van der Waals surface area contributed by atoms with E-state index in [9.17, 15) is 10.1 Å². The third-order valence-electron chi connectivity index (χ3n) is 6.28. The fraction of sp³-hybridized carbons (Fsp3) is 0.385. The van der Waals surface area contributed by atoms with Crippen LogP contribution in [0.5, 0.6) is 5.75 Å². The van der Waals surface area contributed by atoms with E-state index in [4.69, 9.17) is 4.74 Å². The lowest BCUT2D eigenvalue weighted by molar-refractivity contribution is 0.127. The number of urea groups is 1. The van der Waals surface area contributed by atoms with Crippen LogP contribution in [0.2, 0.25) is 0 Å². The van der Waals surface area contributed by atoms with Gasteiger partial charge in [-0.2, -0.15) is 5.26 Å². The van der Waals surface area contributed by atoms with Gasteiger partial charge in [-0.25, -0.2) is 4.79 Å². The molecule has 34 heavy (non-hydrogen) atoms. The molecule has 0 radical (unpaired) electrons. The van der Waals surface area contributed by atoms with E-state index in [0.29, 0.717) is 17.2 Å². The second kappa shape index (κ2) is 9.07. The Morgan fingerprint density at radius 3 is 2.76 bits per heavy atom. The molecule has 0 unspecified atom stereocenters. The molecule has 0 saturated carbocycles. The van der Waals surface area contributed by atoms with Crippen LogP contribution < -0.4 is 10.1 Å². The van der Waals surface area contributed by atoms with Gasteiger partial charge in [0.2, 0.25) is 0 Å². The maximum Gasteiger partial charge on any atom is 0.317 e. The maximum absolute atomic E-state index is 12.5. The Morgan fingerprint density at radius 2 is 2.03 bits per heavy atom. The molecule has 2 amide bonds. The van der Waals surface area contributed by atoms with Crippen LogP contribution in [0.25, 0.3) is 21.1 Å². The summed E-state index contributed by atoms with van der Waals surface area (Å²) in [6.07, 6.45) is 1.77. The Bertz CT molecular complexity index is 1270. The van der Waals surface area contributed by atoms with Crippen LogP contribution in [-0.4, -0.2) is 40.3 Å². The quantitative estimate of drug-likeness (QED) is 0.551. The van der Waals surface area contributed by atoms with Crippen LogP contribution in [0, 0.1) is 17.2 Å². The van der Waals surface area contributed by atoms with Crippen molar-refractivity contribution in [2.45, 2.75) is 45.8 Å². The van der Waals surface area contributed by atoms with E-state index in [2.05, 4.69) is 40.6 Å². The summed E-state index contributed by atoms with van der Waals surface area (Å²) in [5.41, 5.74) is 4.79. The van der Waals surface area contributed by atoms with Gasteiger partial charge in [0.25, 0.3) is 0 Å². The largest absolute Gasteiger partial charge is 0.490 e. The van der Waals surface area contributed by atoms with E-state index in [1.807, 2.05) is 36.9 Å². The van der Waals surface area contributed by atoms with E-state index in [1.54, 1.807) is 6.07 Å². The number of nitriles is 1. The number of carbonyl (C=O) groups is 1. The van der Waals surface area contributed by atoms with Gasteiger partial charge in [-0.1, -0.05) is 36.5 Å². The Hall–Kier alpha value is -3.44. The third kappa shape index (κ3) is 4.24. The average Bonchev–Trinajstić information content (AvgIpc) is 3.44. The van der Waals surface area contributed by atoms with Gasteiger partial charge in [0.15, 0.2) is 0 Å². The smallest absolute Gasteiger partial charge is 0.317 e. The van der Waals surface area contributed by atoms with E-state index in [0.717, 1.165) is 52.6 Å². The zero-order valence-corrected chi connectivity index (χ0v) is 20.4. The molecule has 8 heteroatoms. The maximum atomic E-state index is 12.5. The molecular formula is C26H27N5O2S. The summed E-state index contributed by atoms with van der Waals surface area (Å²) in [5, 5.41) is 23.2. The highest BCUT2D eigenvalue weighted by atomic mass is 32.1. The number of aromatic nitrogens is 2. The van der Waals surface area contributed by atoms with Crippen LogP contribution >= 0.6 is 11.3 Å². The number of likely N-dealkylation sites (tertiary alicyclic amines) is 1. The van der Waals surface area contributed by atoms with Gasteiger partial charge < -0.3 is 15.0 Å². The van der Waals surface area contributed by atoms with Crippen molar-refractivity contribution in [3.05, 3.63) is 53.1 Å². The van der Waals surface area contributed by atoms with Gasteiger partial charge in [0, 0.05) is 24.2 Å². The first kappa shape index (κ1) is 22.4. The third-order valence-corrected chi connectivity index (χ3v) is 7.29. The summed E-state index contributed by atoms with van der Waals surface area (Å²) in [6.45, 7) is 7.69. The molecule has 1 saturated heterocycles. The van der Waals surface area contributed by atoms with Crippen LogP contribution in [-0.2, 0) is 6.42 Å². The SMILES string of the molecule is CC1CN(C(=O)N[C@@H]2CCc3c(-c4nnc(-c5ccc(OC(C)C)c(C#N)c5)s4)cccc32)C1. The molecule has 3 aromatic rings. The number of nitrogens with one attached hydrogen (secondary N) is 1. The number of benzene rings is 2. The average molecular weight is 474 g/mol.